The maximum absolute atomic E-state index is 13.2. The minimum Gasteiger partial charge on any atom is -0.469 e. The number of rotatable bonds is 6. The Kier molecular flexibility index (Phi) is 5.91. The molecule has 0 saturated carbocycles. The number of ether oxygens (including phenoxy) is 1. The molecule has 0 aliphatic rings. The maximum atomic E-state index is 13.2. The van der Waals surface area contributed by atoms with Crippen LogP contribution in [0.15, 0.2) is 58.5 Å². The lowest BCUT2D eigenvalue weighted by atomic mass is 10.2. The summed E-state index contributed by atoms with van der Waals surface area (Å²) in [5.41, 5.74) is 1.33. The molecule has 0 fully saturated rings. The van der Waals surface area contributed by atoms with Crippen LogP contribution in [0.4, 0.5) is 4.39 Å². The van der Waals surface area contributed by atoms with Crippen LogP contribution in [-0.4, -0.2) is 22.6 Å². The van der Waals surface area contributed by atoms with Gasteiger partial charge in [0.15, 0.2) is 5.16 Å². The Bertz CT molecular complexity index is 1020. The number of esters is 1. The van der Waals surface area contributed by atoms with Crippen LogP contribution in [0.25, 0.3) is 10.9 Å². The topological polar surface area (TPSA) is 61.2 Å². The van der Waals surface area contributed by atoms with E-state index in [4.69, 9.17) is 0 Å². The van der Waals surface area contributed by atoms with E-state index >= 15 is 0 Å². The van der Waals surface area contributed by atoms with Crippen LogP contribution in [0.1, 0.15) is 24.2 Å². The number of aromatic nitrogens is 2. The fourth-order valence-corrected chi connectivity index (χ4v) is 3.76. The molecule has 1 heterocycles. The molecule has 140 valence electrons. The van der Waals surface area contributed by atoms with E-state index in [2.05, 4.69) is 9.72 Å². The number of nitrogens with zero attached hydrogens (tertiary/aromatic N) is 2. The number of halogens is 1. The Hall–Kier alpha value is -2.67. The first-order valence-corrected chi connectivity index (χ1v) is 9.36. The lowest BCUT2D eigenvalue weighted by Gasteiger charge is -2.16. The second-order valence-corrected chi connectivity index (χ2v) is 7.31. The molecule has 3 aromatic rings. The Morgan fingerprint density at radius 1 is 1.22 bits per heavy atom. The molecule has 0 radical (unpaired) electrons. The molecule has 1 aromatic heterocycles. The van der Waals surface area contributed by atoms with Crippen LogP contribution in [0.3, 0.4) is 0 Å². The number of carbonyl (C=O) groups excluding carboxylic acids is 1. The summed E-state index contributed by atoms with van der Waals surface area (Å²) in [4.78, 5) is 29.1. The number of hydrogen-bond acceptors (Lipinski definition) is 5. The van der Waals surface area contributed by atoms with Gasteiger partial charge >= 0.3 is 5.97 Å². The number of hydrogen-bond donors (Lipinski definition) is 0. The first-order chi connectivity index (χ1) is 13.0. The van der Waals surface area contributed by atoms with Crippen LogP contribution in [0, 0.1) is 5.82 Å². The molecule has 27 heavy (non-hydrogen) atoms. The molecule has 0 N–H and O–H groups in total. The molecule has 5 nitrogen and oxygen atoms in total. The summed E-state index contributed by atoms with van der Waals surface area (Å²) < 4.78 is 19.4. The Labute approximate surface area is 160 Å². The summed E-state index contributed by atoms with van der Waals surface area (Å²) in [5.74, 6) is -0.688. The van der Waals surface area contributed by atoms with Gasteiger partial charge in [-0.25, -0.2) is 9.37 Å². The number of benzene rings is 2. The third-order valence-corrected chi connectivity index (χ3v) is 5.36. The number of para-hydroxylation sites is 1. The Morgan fingerprint density at radius 3 is 2.63 bits per heavy atom. The van der Waals surface area contributed by atoms with Crippen LogP contribution in [0.2, 0.25) is 0 Å². The molecule has 0 saturated heterocycles. The predicted molar refractivity (Wildman–Crippen MR) is 103 cm³/mol. The number of methoxy groups -OCH3 is 1. The van der Waals surface area contributed by atoms with Crippen LogP contribution >= 0.6 is 11.8 Å². The molecule has 2 aromatic carbocycles. The standard InChI is InChI=1S/C20H19FN2O3S/c1-13(14-7-9-15(21)10-8-14)27-20-22-17-6-4-3-5-16(17)19(25)23(20)12-11-18(24)26-2/h3-10,13H,11-12H2,1-2H3/t13-/m0/s1. The third-order valence-electron chi connectivity index (χ3n) is 4.22. The van der Waals surface area contributed by atoms with Crippen molar-refractivity contribution in [2.45, 2.75) is 30.3 Å². The molecular formula is C20H19FN2O3S. The van der Waals surface area contributed by atoms with Crippen LogP contribution < -0.4 is 5.56 Å². The van der Waals surface area contributed by atoms with Crippen molar-refractivity contribution in [3.63, 3.8) is 0 Å². The highest BCUT2D eigenvalue weighted by Gasteiger charge is 2.16. The van der Waals surface area contributed by atoms with Gasteiger partial charge in [-0.05, 0) is 36.8 Å². The highest BCUT2D eigenvalue weighted by atomic mass is 32.2. The summed E-state index contributed by atoms with van der Waals surface area (Å²) in [5, 5.41) is 0.962. The Morgan fingerprint density at radius 2 is 1.93 bits per heavy atom. The Balaban J connectivity index is 1.99. The van der Waals surface area contributed by atoms with Gasteiger partial charge in [0.1, 0.15) is 5.82 Å². The summed E-state index contributed by atoms with van der Waals surface area (Å²) >= 11 is 1.39. The highest BCUT2D eigenvalue weighted by molar-refractivity contribution is 7.99. The van der Waals surface area contributed by atoms with Gasteiger partial charge in [-0.3, -0.25) is 14.2 Å². The minimum absolute atomic E-state index is 0.0527. The predicted octanol–water partition coefficient (Wildman–Crippen LogP) is 3.95. The average molecular weight is 386 g/mol. The zero-order valence-electron chi connectivity index (χ0n) is 15.0. The van der Waals surface area contributed by atoms with Gasteiger partial charge in [0.2, 0.25) is 0 Å². The second kappa shape index (κ2) is 8.35. The van der Waals surface area contributed by atoms with E-state index in [1.54, 1.807) is 30.3 Å². The zero-order chi connectivity index (χ0) is 19.4. The van der Waals surface area contributed by atoms with E-state index in [1.165, 1.54) is 35.6 Å². The van der Waals surface area contributed by atoms with Crippen molar-refractivity contribution in [2.24, 2.45) is 0 Å². The monoisotopic (exact) mass is 386 g/mol. The van der Waals surface area contributed by atoms with Gasteiger partial charge in [-0.2, -0.15) is 0 Å². The smallest absolute Gasteiger partial charge is 0.307 e. The first kappa shape index (κ1) is 19.1. The molecule has 0 amide bonds. The number of carbonyl (C=O) groups is 1. The summed E-state index contributed by atoms with van der Waals surface area (Å²) in [6.07, 6.45) is 0.0783. The van der Waals surface area contributed by atoms with Crippen molar-refractivity contribution >= 4 is 28.6 Å². The minimum atomic E-state index is -0.391. The lowest BCUT2D eigenvalue weighted by Crippen LogP contribution is -2.25. The highest BCUT2D eigenvalue weighted by Crippen LogP contribution is 2.34. The molecule has 7 heteroatoms. The van der Waals surface area contributed by atoms with Gasteiger partial charge in [-0.15, -0.1) is 0 Å². The van der Waals surface area contributed by atoms with Crippen molar-refractivity contribution in [3.8, 4) is 0 Å². The van der Waals surface area contributed by atoms with Gasteiger partial charge in [-0.1, -0.05) is 36.0 Å². The van der Waals surface area contributed by atoms with E-state index in [0.717, 1.165) is 5.56 Å². The largest absolute Gasteiger partial charge is 0.469 e. The molecule has 0 aliphatic heterocycles. The van der Waals surface area contributed by atoms with Gasteiger partial charge in [0, 0.05) is 11.8 Å². The molecule has 3 rings (SSSR count). The lowest BCUT2D eigenvalue weighted by molar-refractivity contribution is -0.140. The fourth-order valence-electron chi connectivity index (χ4n) is 2.70. The van der Waals surface area contributed by atoms with Crippen molar-refractivity contribution in [3.05, 3.63) is 70.3 Å². The summed E-state index contributed by atoms with van der Waals surface area (Å²) in [7, 11) is 1.32. The van der Waals surface area contributed by atoms with Crippen LogP contribution in [-0.2, 0) is 16.1 Å². The molecular weight excluding hydrogens is 367 g/mol. The molecule has 0 spiro atoms. The van der Waals surface area contributed by atoms with Crippen molar-refractivity contribution in [1.29, 1.82) is 0 Å². The number of thioether (sulfide) groups is 1. The normalized spacial score (nSPS) is 12.1. The summed E-state index contributed by atoms with van der Waals surface area (Å²) in [6.45, 7) is 2.14. The van der Waals surface area contributed by atoms with Crippen LogP contribution in [0.5, 0.6) is 0 Å². The van der Waals surface area contributed by atoms with Gasteiger partial charge in [0.25, 0.3) is 5.56 Å². The SMILES string of the molecule is COC(=O)CCn1c(S[C@@H](C)c2ccc(F)cc2)nc2ccccc2c1=O. The molecule has 1 atom stereocenters. The molecule has 0 aliphatic carbocycles. The molecule has 0 unspecified atom stereocenters. The van der Waals surface area contributed by atoms with E-state index < -0.39 is 5.97 Å². The number of fused-ring (bicyclic) bond motifs is 1. The average Bonchev–Trinajstić information content (AvgIpc) is 2.68. The van der Waals surface area contributed by atoms with E-state index in [-0.39, 0.29) is 29.6 Å². The van der Waals surface area contributed by atoms with Crippen molar-refractivity contribution in [2.75, 3.05) is 7.11 Å². The third kappa shape index (κ3) is 4.36. The van der Waals surface area contributed by atoms with E-state index in [0.29, 0.717) is 16.1 Å². The fraction of sp³-hybridized carbons (Fsp3) is 0.250. The zero-order valence-corrected chi connectivity index (χ0v) is 15.8. The van der Waals surface area contributed by atoms with E-state index in [1.807, 2.05) is 13.0 Å². The van der Waals surface area contributed by atoms with Gasteiger partial charge < -0.3 is 4.74 Å². The first-order valence-electron chi connectivity index (χ1n) is 8.48. The quantitative estimate of drug-likeness (QED) is 0.365. The molecule has 0 bridgehead atoms. The van der Waals surface area contributed by atoms with E-state index in [9.17, 15) is 14.0 Å². The summed E-state index contributed by atoms with van der Waals surface area (Å²) in [6, 6.07) is 13.4. The maximum Gasteiger partial charge on any atom is 0.307 e. The second-order valence-electron chi connectivity index (χ2n) is 6.01. The van der Waals surface area contributed by atoms with Gasteiger partial charge in [0.05, 0.1) is 24.4 Å². The van der Waals surface area contributed by atoms with Crippen molar-refractivity contribution in [1.82, 2.24) is 9.55 Å². The van der Waals surface area contributed by atoms with Crippen molar-refractivity contribution < 1.29 is 13.9 Å².